The fourth-order valence-electron chi connectivity index (χ4n) is 2.85. The second-order valence-electron chi connectivity index (χ2n) is 6.68. The van der Waals surface area contributed by atoms with Gasteiger partial charge in [0.15, 0.2) is 5.13 Å². The number of halogens is 2. The number of aryl methyl sites for hydroxylation is 1. The predicted molar refractivity (Wildman–Crippen MR) is 98.9 cm³/mol. The van der Waals surface area contributed by atoms with E-state index < -0.39 is 17.5 Å². The van der Waals surface area contributed by atoms with Crippen LogP contribution in [0.25, 0.3) is 5.13 Å². The molecule has 0 bridgehead atoms. The Hall–Kier alpha value is -2.88. The monoisotopic (exact) mass is 405 g/mol. The molecule has 1 aliphatic rings. The summed E-state index contributed by atoms with van der Waals surface area (Å²) < 4.78 is 28.7. The summed E-state index contributed by atoms with van der Waals surface area (Å²) >= 11 is 1.08. The minimum atomic E-state index is -2.68. The molecular weight excluding hydrogens is 388 g/mol. The van der Waals surface area contributed by atoms with E-state index in [1.807, 2.05) is 6.07 Å². The number of carbonyl (C=O) groups is 1. The van der Waals surface area contributed by atoms with Gasteiger partial charge in [-0.3, -0.25) is 14.3 Å². The molecule has 4 rings (SSSR count). The summed E-state index contributed by atoms with van der Waals surface area (Å²) in [6, 6.07) is 5.43. The third kappa shape index (κ3) is 3.59. The Morgan fingerprint density at radius 2 is 2.18 bits per heavy atom. The molecule has 3 aromatic rings. The van der Waals surface area contributed by atoms with Crippen LogP contribution in [0.1, 0.15) is 27.5 Å². The van der Waals surface area contributed by atoms with E-state index in [2.05, 4.69) is 15.3 Å². The normalized spacial score (nSPS) is 17.5. The molecule has 3 aromatic heterocycles. The maximum atomic E-state index is 13.1. The van der Waals surface area contributed by atoms with Crippen molar-refractivity contribution in [3.05, 3.63) is 63.5 Å². The third-order valence-electron chi connectivity index (χ3n) is 4.57. The molecule has 1 amide bonds. The van der Waals surface area contributed by atoms with Crippen molar-refractivity contribution in [1.82, 2.24) is 24.4 Å². The molecule has 1 N–H and O–H groups in total. The van der Waals surface area contributed by atoms with E-state index in [-0.39, 0.29) is 25.4 Å². The van der Waals surface area contributed by atoms with Gasteiger partial charge in [-0.15, -0.1) is 0 Å². The van der Waals surface area contributed by atoms with Crippen LogP contribution in [0.5, 0.6) is 0 Å². The number of rotatable bonds is 6. The SMILES string of the molecule is Cc1nc(-n2ccn(CC3CC3(F)F)c2=O)sc1C(=O)NCc1ccccn1. The Morgan fingerprint density at radius 1 is 1.39 bits per heavy atom. The average molecular weight is 405 g/mol. The van der Waals surface area contributed by atoms with Crippen LogP contribution in [0.2, 0.25) is 0 Å². The van der Waals surface area contributed by atoms with Gasteiger partial charge in [-0.25, -0.2) is 23.1 Å². The number of hydrogen-bond donors (Lipinski definition) is 1. The number of alkyl halides is 2. The summed E-state index contributed by atoms with van der Waals surface area (Å²) in [7, 11) is 0. The van der Waals surface area contributed by atoms with Gasteiger partial charge in [0, 0.05) is 37.5 Å². The first kappa shape index (κ1) is 18.5. The van der Waals surface area contributed by atoms with Crippen molar-refractivity contribution in [3.63, 3.8) is 0 Å². The maximum absolute atomic E-state index is 13.1. The number of imidazole rings is 1. The fourth-order valence-corrected chi connectivity index (χ4v) is 3.81. The molecule has 3 heterocycles. The molecule has 0 aromatic carbocycles. The highest BCUT2D eigenvalue weighted by Crippen LogP contribution is 2.49. The van der Waals surface area contributed by atoms with Gasteiger partial charge in [-0.1, -0.05) is 17.4 Å². The van der Waals surface area contributed by atoms with E-state index in [1.54, 1.807) is 25.3 Å². The Balaban J connectivity index is 1.49. The minimum Gasteiger partial charge on any atom is -0.346 e. The third-order valence-corrected chi connectivity index (χ3v) is 5.73. The lowest BCUT2D eigenvalue weighted by Gasteiger charge is -2.03. The second-order valence-corrected chi connectivity index (χ2v) is 7.66. The standard InChI is InChI=1S/C18H17F2N5O2S/c1-11-14(15(26)22-9-13-4-2-3-5-21-13)28-16(23-11)25-7-6-24(17(25)27)10-12-8-18(12,19)20/h2-7,12H,8-10H2,1H3,(H,22,26). The fraction of sp³-hybridized carbons (Fsp3) is 0.333. The van der Waals surface area contributed by atoms with Gasteiger partial charge >= 0.3 is 5.69 Å². The minimum absolute atomic E-state index is 0.0272. The van der Waals surface area contributed by atoms with Crippen LogP contribution in [0.15, 0.2) is 41.6 Å². The number of nitrogens with zero attached hydrogens (tertiary/aromatic N) is 4. The number of thiazole rings is 1. The zero-order chi connectivity index (χ0) is 19.9. The van der Waals surface area contributed by atoms with Crippen molar-refractivity contribution in [3.8, 4) is 5.13 Å². The molecule has 0 spiro atoms. The van der Waals surface area contributed by atoms with Crippen molar-refractivity contribution in [2.75, 3.05) is 0 Å². The summed E-state index contributed by atoms with van der Waals surface area (Å²) in [4.78, 5) is 33.8. The van der Waals surface area contributed by atoms with Gasteiger partial charge in [-0.05, 0) is 19.1 Å². The molecular formula is C18H17F2N5O2S. The quantitative estimate of drug-likeness (QED) is 0.683. The van der Waals surface area contributed by atoms with Gasteiger partial charge in [-0.2, -0.15) is 0 Å². The topological polar surface area (TPSA) is 81.8 Å². The van der Waals surface area contributed by atoms with Crippen LogP contribution in [-0.2, 0) is 13.1 Å². The maximum Gasteiger partial charge on any atom is 0.334 e. The number of aromatic nitrogens is 4. The summed E-state index contributed by atoms with van der Waals surface area (Å²) in [5, 5.41) is 3.10. The molecule has 1 aliphatic carbocycles. The first-order valence-electron chi connectivity index (χ1n) is 8.66. The van der Waals surface area contributed by atoms with Gasteiger partial charge in [0.2, 0.25) is 0 Å². The summed E-state index contributed by atoms with van der Waals surface area (Å²) in [5.41, 5.74) is 0.771. The summed E-state index contributed by atoms with van der Waals surface area (Å²) in [5.74, 6) is -3.79. The number of amides is 1. The zero-order valence-corrected chi connectivity index (χ0v) is 15.7. The lowest BCUT2D eigenvalue weighted by molar-refractivity contribution is 0.0943. The Bertz CT molecular complexity index is 1070. The highest BCUT2D eigenvalue weighted by atomic mass is 32.1. The second kappa shape index (κ2) is 6.93. The number of carbonyl (C=O) groups excluding carboxylic acids is 1. The molecule has 0 aliphatic heterocycles. The molecule has 0 saturated heterocycles. The van der Waals surface area contributed by atoms with Crippen molar-refractivity contribution >= 4 is 17.2 Å². The van der Waals surface area contributed by atoms with Gasteiger partial charge < -0.3 is 5.32 Å². The summed E-state index contributed by atoms with van der Waals surface area (Å²) in [6.45, 7) is 1.93. The smallest absolute Gasteiger partial charge is 0.334 e. The number of pyridine rings is 1. The first-order valence-corrected chi connectivity index (χ1v) is 9.48. The lowest BCUT2D eigenvalue weighted by Crippen LogP contribution is -2.24. The zero-order valence-electron chi connectivity index (χ0n) is 14.9. The lowest BCUT2D eigenvalue weighted by atomic mass is 10.3. The molecule has 1 saturated carbocycles. The molecule has 28 heavy (non-hydrogen) atoms. The Labute approximate surface area is 162 Å². The van der Waals surface area contributed by atoms with Crippen LogP contribution in [0.3, 0.4) is 0 Å². The molecule has 7 nitrogen and oxygen atoms in total. The van der Waals surface area contributed by atoms with E-state index in [0.717, 1.165) is 17.0 Å². The summed E-state index contributed by atoms with van der Waals surface area (Å²) in [6.07, 6.45) is 4.40. The highest BCUT2D eigenvalue weighted by molar-refractivity contribution is 7.16. The van der Waals surface area contributed by atoms with Crippen molar-refractivity contribution < 1.29 is 13.6 Å². The van der Waals surface area contributed by atoms with E-state index >= 15 is 0 Å². The predicted octanol–water partition coefficient (Wildman–Crippen LogP) is 2.38. The Kier molecular flexibility index (Phi) is 4.58. The van der Waals surface area contributed by atoms with Crippen LogP contribution < -0.4 is 11.0 Å². The molecule has 1 unspecified atom stereocenters. The average Bonchev–Trinajstić information content (AvgIpc) is 2.95. The highest BCUT2D eigenvalue weighted by Gasteiger charge is 2.56. The van der Waals surface area contributed by atoms with E-state index in [0.29, 0.717) is 15.7 Å². The van der Waals surface area contributed by atoms with E-state index in [1.165, 1.54) is 21.5 Å². The molecule has 1 fully saturated rings. The number of hydrogen-bond acceptors (Lipinski definition) is 5. The molecule has 0 radical (unpaired) electrons. The largest absolute Gasteiger partial charge is 0.346 e. The first-order chi connectivity index (χ1) is 13.3. The Morgan fingerprint density at radius 3 is 2.86 bits per heavy atom. The van der Waals surface area contributed by atoms with Crippen LogP contribution in [-0.4, -0.2) is 30.9 Å². The van der Waals surface area contributed by atoms with E-state index in [9.17, 15) is 18.4 Å². The molecule has 1 atom stereocenters. The van der Waals surface area contributed by atoms with Crippen molar-refractivity contribution in [2.24, 2.45) is 5.92 Å². The number of nitrogens with one attached hydrogen (secondary N) is 1. The molecule has 146 valence electrons. The molecule has 10 heteroatoms. The van der Waals surface area contributed by atoms with Gasteiger partial charge in [0.1, 0.15) is 4.88 Å². The van der Waals surface area contributed by atoms with Gasteiger partial charge in [0.05, 0.1) is 17.9 Å². The van der Waals surface area contributed by atoms with Crippen molar-refractivity contribution in [2.45, 2.75) is 32.4 Å². The van der Waals surface area contributed by atoms with Crippen LogP contribution in [0.4, 0.5) is 8.78 Å². The van der Waals surface area contributed by atoms with Crippen LogP contribution in [0, 0.1) is 12.8 Å². The van der Waals surface area contributed by atoms with Gasteiger partial charge in [0.25, 0.3) is 11.8 Å². The van der Waals surface area contributed by atoms with Crippen molar-refractivity contribution in [1.29, 1.82) is 0 Å². The van der Waals surface area contributed by atoms with Crippen LogP contribution >= 0.6 is 11.3 Å². The van der Waals surface area contributed by atoms with E-state index in [4.69, 9.17) is 0 Å².